The van der Waals surface area contributed by atoms with Crippen LogP contribution in [0, 0.1) is 0 Å². The summed E-state index contributed by atoms with van der Waals surface area (Å²) in [5.41, 5.74) is 0. The predicted molar refractivity (Wildman–Crippen MR) is 31.1 cm³/mol. The molecule has 0 aromatic heterocycles. The van der Waals surface area contributed by atoms with Gasteiger partial charge in [0.25, 0.3) is 0 Å². The van der Waals surface area contributed by atoms with E-state index in [0.29, 0.717) is 0 Å². The van der Waals surface area contributed by atoms with Crippen LogP contribution in [0.15, 0.2) is 24.3 Å². The topological polar surface area (TPSA) is 17.1 Å². The Morgan fingerprint density at radius 3 is 2.25 bits per heavy atom. The summed E-state index contributed by atoms with van der Waals surface area (Å²) in [5.74, 6) is 0. The van der Waals surface area contributed by atoms with E-state index in [9.17, 15) is 4.79 Å². The van der Waals surface area contributed by atoms with Crippen LogP contribution in [0.3, 0.4) is 0 Å². The van der Waals surface area contributed by atoms with Gasteiger partial charge in [-0.3, -0.25) is 4.79 Å². The number of carbonyl (C=O) groups excluding carboxylic acids is 1. The first-order valence-corrected chi connectivity index (χ1v) is 2.15. The van der Waals surface area contributed by atoms with Crippen LogP contribution in [0.4, 0.5) is 0 Å². The van der Waals surface area contributed by atoms with Gasteiger partial charge < -0.3 is 1.43 Å². The van der Waals surface area contributed by atoms with E-state index in [4.69, 9.17) is 0 Å². The molecule has 8 heavy (non-hydrogen) atoms. The molecule has 0 amide bonds. The van der Waals surface area contributed by atoms with Gasteiger partial charge in [-0.2, -0.15) is 0 Å². The average Bonchev–Trinajstić information content (AvgIpc) is 1.69. The van der Waals surface area contributed by atoms with Crippen molar-refractivity contribution in [2.45, 2.75) is 6.92 Å². The Labute approximate surface area is 93.8 Å². The van der Waals surface area contributed by atoms with Gasteiger partial charge in [0.15, 0.2) is 0 Å². The Hall–Kier alpha value is 0.786. The third-order valence-corrected chi connectivity index (χ3v) is 0.493. The van der Waals surface area contributed by atoms with Gasteiger partial charge in [-0.25, -0.2) is 0 Å². The summed E-state index contributed by atoms with van der Waals surface area (Å²) in [4.78, 5) is 9.56. The molecule has 0 N–H and O–H groups in total. The molecule has 0 rings (SSSR count). The zero-order chi connectivity index (χ0) is 5.54. The van der Waals surface area contributed by atoms with Crippen molar-refractivity contribution in [3.05, 3.63) is 24.3 Å². The summed E-state index contributed by atoms with van der Waals surface area (Å²) in [6.07, 6.45) is 7.54. The Bertz CT molecular complexity index is 99.2. The molecule has 0 aliphatic heterocycles. The summed E-state index contributed by atoms with van der Waals surface area (Å²) in [5, 5.41) is 0. The molecule has 0 aliphatic carbocycles. The van der Waals surface area contributed by atoms with E-state index in [2.05, 4.69) is 0 Å². The van der Waals surface area contributed by atoms with Crippen LogP contribution in [0.5, 0.6) is 0 Å². The van der Waals surface area contributed by atoms with Crippen molar-refractivity contribution in [3.63, 3.8) is 0 Å². The van der Waals surface area contributed by atoms with Crippen molar-refractivity contribution >= 4 is 6.29 Å². The van der Waals surface area contributed by atoms with Crippen LogP contribution in [0.1, 0.15) is 8.35 Å². The van der Waals surface area contributed by atoms with Crippen molar-refractivity contribution in [3.8, 4) is 0 Å². The number of allylic oxidation sites excluding steroid dienone is 4. The maximum absolute atomic E-state index is 9.56. The van der Waals surface area contributed by atoms with Gasteiger partial charge in [0.2, 0.25) is 0 Å². The minimum Gasteiger partial charge on any atom is -1.00 e. The van der Waals surface area contributed by atoms with Crippen LogP contribution in [-0.2, 0) is 4.79 Å². The maximum atomic E-state index is 9.56. The SMILES string of the molecule is C/C=C/C=C/C=O.[H-].[K+]. The molecule has 0 aromatic carbocycles. The molecule has 0 spiro atoms. The minimum atomic E-state index is 0. The van der Waals surface area contributed by atoms with Crippen LogP contribution in [0.2, 0.25) is 0 Å². The molecule has 2 heteroatoms. The molecule has 1 nitrogen and oxygen atoms in total. The molecule has 0 fully saturated rings. The molecule has 0 saturated carbocycles. The van der Waals surface area contributed by atoms with E-state index in [1.807, 2.05) is 13.0 Å². The molecule has 0 aromatic rings. The first kappa shape index (κ1) is 11.6. The molecule has 0 heterocycles. The van der Waals surface area contributed by atoms with Gasteiger partial charge >= 0.3 is 51.4 Å². The molecule has 0 bridgehead atoms. The maximum Gasteiger partial charge on any atom is 1.00 e. The number of carbonyl (C=O) groups is 1. The summed E-state index contributed by atoms with van der Waals surface area (Å²) in [7, 11) is 0. The Kier molecular flexibility index (Phi) is 15.5. The molecule has 0 radical (unpaired) electrons. The van der Waals surface area contributed by atoms with Crippen molar-refractivity contribution < 1.29 is 57.6 Å². The third-order valence-electron chi connectivity index (χ3n) is 0.493. The number of hydrogen-bond donors (Lipinski definition) is 0. The van der Waals surface area contributed by atoms with E-state index in [1.165, 1.54) is 6.08 Å². The van der Waals surface area contributed by atoms with E-state index >= 15 is 0 Å². The Morgan fingerprint density at radius 1 is 1.25 bits per heavy atom. The average molecular weight is 136 g/mol. The van der Waals surface area contributed by atoms with E-state index in [0.717, 1.165) is 6.29 Å². The first-order valence-electron chi connectivity index (χ1n) is 2.15. The number of rotatable bonds is 2. The molecule has 40 valence electrons. The third kappa shape index (κ3) is 9.92. The van der Waals surface area contributed by atoms with Crippen molar-refractivity contribution in [1.29, 1.82) is 0 Å². The molecule has 0 atom stereocenters. The van der Waals surface area contributed by atoms with E-state index in [1.54, 1.807) is 12.2 Å². The van der Waals surface area contributed by atoms with E-state index in [-0.39, 0.29) is 52.8 Å². The Balaban J connectivity index is -0.000000180. The van der Waals surface area contributed by atoms with Gasteiger partial charge in [0, 0.05) is 0 Å². The zero-order valence-electron chi connectivity index (χ0n) is 6.29. The molecular weight excluding hydrogens is 127 g/mol. The molecule has 0 aliphatic rings. The molecule has 0 unspecified atom stereocenters. The first-order chi connectivity index (χ1) is 3.41. The van der Waals surface area contributed by atoms with E-state index < -0.39 is 0 Å². The number of hydrogen-bond acceptors (Lipinski definition) is 1. The smallest absolute Gasteiger partial charge is 1.00 e. The monoisotopic (exact) mass is 136 g/mol. The zero-order valence-corrected chi connectivity index (χ0v) is 8.42. The summed E-state index contributed by atoms with van der Waals surface area (Å²) >= 11 is 0. The second-order valence-electron chi connectivity index (χ2n) is 1.05. The van der Waals surface area contributed by atoms with Crippen LogP contribution >= 0.6 is 0 Å². The quantitative estimate of drug-likeness (QED) is 0.194. The largest absolute Gasteiger partial charge is 1.00 e. The van der Waals surface area contributed by atoms with Crippen LogP contribution in [0.25, 0.3) is 0 Å². The van der Waals surface area contributed by atoms with Crippen molar-refractivity contribution in [2.24, 2.45) is 0 Å². The molecule has 0 saturated heterocycles. The fraction of sp³-hybridized carbons (Fsp3) is 0.167. The van der Waals surface area contributed by atoms with Gasteiger partial charge in [-0.1, -0.05) is 18.2 Å². The second kappa shape index (κ2) is 10.7. The van der Waals surface area contributed by atoms with Gasteiger partial charge in [0.05, 0.1) is 0 Å². The van der Waals surface area contributed by atoms with Gasteiger partial charge in [0.1, 0.15) is 6.29 Å². The van der Waals surface area contributed by atoms with Crippen LogP contribution in [-0.4, -0.2) is 6.29 Å². The summed E-state index contributed by atoms with van der Waals surface area (Å²) in [6.45, 7) is 1.90. The second-order valence-corrected chi connectivity index (χ2v) is 1.05. The predicted octanol–water partition coefficient (Wildman–Crippen LogP) is -1.57. The normalized spacial score (nSPS) is 9.62. The minimum absolute atomic E-state index is 0. The molecular formula is C6H9KO. The van der Waals surface area contributed by atoms with Crippen molar-refractivity contribution in [1.82, 2.24) is 0 Å². The van der Waals surface area contributed by atoms with Gasteiger partial charge in [-0.05, 0) is 13.0 Å². The van der Waals surface area contributed by atoms with Crippen LogP contribution < -0.4 is 51.4 Å². The fourth-order valence-electron chi connectivity index (χ4n) is 0.221. The summed E-state index contributed by atoms with van der Waals surface area (Å²) in [6, 6.07) is 0. The number of aldehydes is 1. The fourth-order valence-corrected chi connectivity index (χ4v) is 0.221. The van der Waals surface area contributed by atoms with Gasteiger partial charge in [-0.15, -0.1) is 0 Å². The Morgan fingerprint density at radius 2 is 1.88 bits per heavy atom. The standard InChI is InChI=1S/C6H8O.K.H/c1-2-3-4-5-6-7;;/h2-6H,1H3;;/q;+1;-1/b3-2+,5-4+;;. The van der Waals surface area contributed by atoms with Crippen molar-refractivity contribution in [2.75, 3.05) is 0 Å². The summed E-state index contributed by atoms with van der Waals surface area (Å²) < 4.78 is 0.